The Kier molecular flexibility index (Phi) is 3.02. The Morgan fingerprint density at radius 2 is 2.19 bits per heavy atom. The van der Waals surface area contributed by atoms with Gasteiger partial charge in [-0.2, -0.15) is 0 Å². The van der Waals surface area contributed by atoms with Crippen LogP contribution < -0.4 is 5.73 Å². The zero-order valence-electron chi connectivity index (χ0n) is 9.48. The Morgan fingerprint density at radius 3 is 2.94 bits per heavy atom. The quantitative estimate of drug-likeness (QED) is 0.794. The summed E-state index contributed by atoms with van der Waals surface area (Å²) in [5, 5.41) is 1.14. The Bertz CT molecular complexity index is 517. The van der Waals surface area contributed by atoms with Crippen molar-refractivity contribution in [3.63, 3.8) is 0 Å². The number of hydrogen-bond donors (Lipinski definition) is 1. The summed E-state index contributed by atoms with van der Waals surface area (Å²) in [4.78, 5) is 4.46. The maximum atomic E-state index is 6.03. The first-order chi connectivity index (χ1) is 7.70. The van der Waals surface area contributed by atoms with Gasteiger partial charge in [0.05, 0.1) is 5.52 Å². The minimum absolute atomic E-state index is 0.0307. The van der Waals surface area contributed by atoms with E-state index in [-0.39, 0.29) is 6.04 Å². The van der Waals surface area contributed by atoms with Crippen molar-refractivity contribution in [3.8, 4) is 0 Å². The molecule has 2 aromatic rings. The largest absolute Gasteiger partial charge is 0.324 e. The summed E-state index contributed by atoms with van der Waals surface area (Å²) in [7, 11) is 0. The van der Waals surface area contributed by atoms with Crippen LogP contribution in [0.25, 0.3) is 10.9 Å². The first kappa shape index (κ1) is 10.8. The summed E-state index contributed by atoms with van der Waals surface area (Å²) in [6.07, 6.45) is 2.65. The second kappa shape index (κ2) is 4.45. The fourth-order valence-electron chi connectivity index (χ4n) is 1.79. The second-order valence-corrected chi connectivity index (χ2v) is 4.04. The van der Waals surface area contributed by atoms with Crippen molar-refractivity contribution < 1.29 is 0 Å². The summed E-state index contributed by atoms with van der Waals surface area (Å²) in [5.41, 5.74) is 9.23. The van der Waals surface area contributed by atoms with E-state index in [1.54, 1.807) is 0 Å². The molecular formula is C14H16N2. The number of nitrogens with zero attached hydrogens (tertiary/aromatic N) is 1. The van der Waals surface area contributed by atoms with Gasteiger partial charge in [-0.15, -0.1) is 6.58 Å². The molecule has 0 aliphatic carbocycles. The Hall–Kier alpha value is -1.67. The molecule has 0 aliphatic heterocycles. The lowest BCUT2D eigenvalue weighted by atomic mass is 10.0. The molecule has 0 saturated heterocycles. The predicted molar refractivity (Wildman–Crippen MR) is 68.2 cm³/mol. The van der Waals surface area contributed by atoms with Crippen molar-refractivity contribution in [3.05, 3.63) is 54.2 Å². The molecular weight excluding hydrogens is 196 g/mol. The van der Waals surface area contributed by atoms with Crippen LogP contribution in [-0.2, 0) is 0 Å². The second-order valence-electron chi connectivity index (χ2n) is 4.04. The van der Waals surface area contributed by atoms with Crippen molar-refractivity contribution in [2.24, 2.45) is 5.73 Å². The molecule has 1 atom stereocenters. The number of rotatable bonds is 3. The van der Waals surface area contributed by atoms with Crippen molar-refractivity contribution in [1.82, 2.24) is 4.98 Å². The minimum Gasteiger partial charge on any atom is -0.324 e. The number of nitrogens with two attached hydrogens (primary N) is 1. The third kappa shape index (κ3) is 2.12. The van der Waals surface area contributed by atoms with Crippen LogP contribution in [0, 0.1) is 6.92 Å². The zero-order chi connectivity index (χ0) is 11.5. The number of hydrogen-bond acceptors (Lipinski definition) is 2. The Morgan fingerprint density at radius 1 is 1.38 bits per heavy atom. The third-order valence-electron chi connectivity index (χ3n) is 2.70. The Balaban J connectivity index is 2.44. The maximum Gasteiger partial charge on any atom is 0.0705 e. The van der Waals surface area contributed by atoms with Crippen molar-refractivity contribution in [1.29, 1.82) is 0 Å². The molecule has 82 valence electrons. The van der Waals surface area contributed by atoms with Crippen LogP contribution in [0.15, 0.2) is 43.0 Å². The van der Waals surface area contributed by atoms with E-state index in [1.165, 1.54) is 0 Å². The van der Waals surface area contributed by atoms with Gasteiger partial charge in [0.1, 0.15) is 0 Å². The van der Waals surface area contributed by atoms with E-state index < -0.39 is 0 Å². The lowest BCUT2D eigenvalue weighted by molar-refractivity contribution is 0.743. The topological polar surface area (TPSA) is 38.9 Å². The van der Waals surface area contributed by atoms with Crippen LogP contribution in [0.4, 0.5) is 0 Å². The van der Waals surface area contributed by atoms with Crippen LogP contribution in [0.1, 0.15) is 23.7 Å². The predicted octanol–water partition coefficient (Wildman–Crippen LogP) is 3.12. The highest BCUT2D eigenvalue weighted by Crippen LogP contribution is 2.20. The molecule has 1 aromatic carbocycles. The fourth-order valence-corrected chi connectivity index (χ4v) is 1.79. The lowest BCUT2D eigenvalue weighted by Gasteiger charge is -2.10. The van der Waals surface area contributed by atoms with E-state index in [4.69, 9.17) is 5.73 Å². The van der Waals surface area contributed by atoms with Crippen LogP contribution in [0.5, 0.6) is 0 Å². The van der Waals surface area contributed by atoms with E-state index in [1.807, 2.05) is 31.2 Å². The van der Waals surface area contributed by atoms with Crippen LogP contribution >= 0.6 is 0 Å². The van der Waals surface area contributed by atoms with Gasteiger partial charge in [0.2, 0.25) is 0 Å². The molecule has 0 saturated carbocycles. The van der Waals surface area contributed by atoms with Gasteiger partial charge in [-0.3, -0.25) is 4.98 Å². The van der Waals surface area contributed by atoms with Crippen LogP contribution in [-0.4, -0.2) is 4.98 Å². The van der Waals surface area contributed by atoms with E-state index in [2.05, 4.69) is 23.7 Å². The molecule has 1 heterocycles. The molecule has 1 aromatic heterocycles. The molecule has 0 spiro atoms. The van der Waals surface area contributed by atoms with Gasteiger partial charge in [-0.1, -0.05) is 18.2 Å². The van der Waals surface area contributed by atoms with E-state index >= 15 is 0 Å². The first-order valence-corrected chi connectivity index (χ1v) is 5.44. The van der Waals surface area contributed by atoms with Gasteiger partial charge in [0, 0.05) is 17.1 Å². The summed E-state index contributed by atoms with van der Waals surface area (Å²) >= 11 is 0. The molecule has 0 radical (unpaired) electrons. The molecule has 0 amide bonds. The maximum absolute atomic E-state index is 6.03. The Labute approximate surface area is 95.8 Å². The summed E-state index contributed by atoms with van der Waals surface area (Å²) < 4.78 is 0. The SMILES string of the molecule is C=CCC(N)c1ccc2nc(C)ccc2c1. The van der Waals surface area contributed by atoms with E-state index in [9.17, 15) is 0 Å². The molecule has 2 heteroatoms. The average Bonchev–Trinajstić information content (AvgIpc) is 2.28. The molecule has 1 unspecified atom stereocenters. The average molecular weight is 212 g/mol. The number of aryl methyl sites for hydroxylation is 1. The monoisotopic (exact) mass is 212 g/mol. The molecule has 2 rings (SSSR count). The number of benzene rings is 1. The number of pyridine rings is 1. The summed E-state index contributed by atoms with van der Waals surface area (Å²) in [6, 6.07) is 10.3. The highest BCUT2D eigenvalue weighted by molar-refractivity contribution is 5.79. The van der Waals surface area contributed by atoms with E-state index in [0.29, 0.717) is 0 Å². The molecule has 0 aliphatic rings. The lowest BCUT2D eigenvalue weighted by Crippen LogP contribution is -2.08. The van der Waals surface area contributed by atoms with Crippen molar-refractivity contribution in [2.75, 3.05) is 0 Å². The van der Waals surface area contributed by atoms with Gasteiger partial charge >= 0.3 is 0 Å². The standard InChI is InChI=1S/C14H16N2/c1-3-4-13(15)11-7-8-14-12(9-11)6-5-10(2)16-14/h3,5-9,13H,1,4,15H2,2H3. The van der Waals surface area contributed by atoms with E-state index in [0.717, 1.165) is 28.6 Å². The molecule has 2 N–H and O–H groups in total. The van der Waals surface area contributed by atoms with Crippen LogP contribution in [0.2, 0.25) is 0 Å². The minimum atomic E-state index is 0.0307. The third-order valence-corrected chi connectivity index (χ3v) is 2.70. The normalized spacial score (nSPS) is 12.6. The van der Waals surface area contributed by atoms with Gasteiger partial charge in [0.15, 0.2) is 0 Å². The number of aromatic nitrogens is 1. The summed E-state index contributed by atoms with van der Waals surface area (Å²) in [6.45, 7) is 5.70. The van der Waals surface area contributed by atoms with Gasteiger partial charge in [0.25, 0.3) is 0 Å². The molecule has 0 bridgehead atoms. The molecule has 0 fully saturated rings. The first-order valence-electron chi connectivity index (χ1n) is 5.44. The highest BCUT2D eigenvalue weighted by atomic mass is 14.7. The van der Waals surface area contributed by atoms with Crippen molar-refractivity contribution >= 4 is 10.9 Å². The van der Waals surface area contributed by atoms with Gasteiger partial charge in [-0.25, -0.2) is 0 Å². The molecule has 16 heavy (non-hydrogen) atoms. The van der Waals surface area contributed by atoms with Crippen molar-refractivity contribution in [2.45, 2.75) is 19.4 Å². The number of fused-ring (bicyclic) bond motifs is 1. The van der Waals surface area contributed by atoms with Crippen LogP contribution in [0.3, 0.4) is 0 Å². The highest BCUT2D eigenvalue weighted by Gasteiger charge is 2.05. The van der Waals surface area contributed by atoms with Gasteiger partial charge < -0.3 is 5.73 Å². The summed E-state index contributed by atoms with van der Waals surface area (Å²) in [5.74, 6) is 0. The van der Waals surface area contributed by atoms with Gasteiger partial charge in [-0.05, 0) is 37.1 Å². The molecule has 2 nitrogen and oxygen atoms in total. The zero-order valence-corrected chi connectivity index (χ0v) is 9.48. The fraction of sp³-hybridized carbons (Fsp3) is 0.214. The smallest absolute Gasteiger partial charge is 0.0705 e.